The minimum absolute atomic E-state index is 0.956. The second kappa shape index (κ2) is 5.22. The van der Waals surface area contributed by atoms with Gasteiger partial charge in [-0.15, -0.1) is 0 Å². The summed E-state index contributed by atoms with van der Waals surface area (Å²) >= 11 is 0. The van der Waals surface area contributed by atoms with Gasteiger partial charge in [0.1, 0.15) is 11.2 Å². The first kappa shape index (κ1) is 14.3. The van der Waals surface area contributed by atoms with Gasteiger partial charge >= 0.3 is 0 Å². The van der Waals surface area contributed by atoms with Crippen LogP contribution in [-0.2, 0) is 0 Å². The van der Waals surface area contributed by atoms with E-state index in [0.29, 0.717) is 0 Å². The summed E-state index contributed by atoms with van der Waals surface area (Å²) < 4.78 is 6.37. The van der Waals surface area contributed by atoms with Gasteiger partial charge in [0.15, 0.2) is 0 Å². The molecule has 0 fully saturated rings. The number of hydrogen-bond acceptors (Lipinski definition) is 1. The lowest BCUT2D eigenvalue weighted by Gasteiger charge is -2.05. The van der Waals surface area contributed by atoms with E-state index in [4.69, 9.17) is 4.42 Å². The quantitative estimate of drug-likeness (QED) is 0.315. The highest BCUT2D eigenvalue weighted by molar-refractivity contribution is 6.24. The fourth-order valence-corrected chi connectivity index (χ4v) is 3.83. The predicted molar refractivity (Wildman–Crippen MR) is 108 cm³/mol. The fraction of sp³-hybridized carbons (Fsp3) is 0.0833. The molecular weight excluding hydrogens is 304 g/mol. The van der Waals surface area contributed by atoms with Crippen LogP contribution < -0.4 is 0 Å². The normalized spacial score (nSPS) is 11.6. The van der Waals surface area contributed by atoms with Gasteiger partial charge in [-0.2, -0.15) is 0 Å². The van der Waals surface area contributed by atoms with E-state index in [0.717, 1.165) is 11.2 Å². The first-order valence-corrected chi connectivity index (χ1v) is 8.63. The van der Waals surface area contributed by atoms with E-state index in [-0.39, 0.29) is 0 Å². The third kappa shape index (κ3) is 2.09. The smallest absolute Gasteiger partial charge is 0.143 e. The number of allylic oxidation sites excluding steroid dienone is 1. The predicted octanol–water partition coefficient (Wildman–Crippen LogP) is 7.32. The summed E-state index contributed by atoms with van der Waals surface area (Å²) in [6, 6.07) is 23.6. The first-order chi connectivity index (χ1) is 12.2. The summed E-state index contributed by atoms with van der Waals surface area (Å²) in [6.45, 7) is 4.26. The van der Waals surface area contributed by atoms with Gasteiger partial charge < -0.3 is 4.42 Å². The van der Waals surface area contributed by atoms with Gasteiger partial charge in [0.25, 0.3) is 0 Å². The second-order valence-corrected chi connectivity index (χ2v) is 6.87. The van der Waals surface area contributed by atoms with Crippen LogP contribution in [0, 0.1) is 0 Å². The van der Waals surface area contributed by atoms with Gasteiger partial charge in [0.2, 0.25) is 0 Å². The molecule has 4 aromatic carbocycles. The zero-order valence-electron chi connectivity index (χ0n) is 14.3. The van der Waals surface area contributed by atoms with Crippen molar-refractivity contribution >= 4 is 49.6 Å². The van der Waals surface area contributed by atoms with Crippen LogP contribution in [0.3, 0.4) is 0 Å². The lowest BCUT2D eigenvalue weighted by Crippen LogP contribution is -1.81. The monoisotopic (exact) mass is 322 g/mol. The summed E-state index contributed by atoms with van der Waals surface area (Å²) in [4.78, 5) is 0. The maximum absolute atomic E-state index is 6.37. The molecule has 0 radical (unpaired) electrons. The molecule has 120 valence electrons. The SMILES string of the molecule is CC(C)=Cc1cc2oc3c4ccccc4ccc3c2c2ccccc12. The van der Waals surface area contributed by atoms with Crippen molar-refractivity contribution in [3.63, 3.8) is 0 Å². The molecule has 0 aliphatic rings. The van der Waals surface area contributed by atoms with Gasteiger partial charge in [-0.25, -0.2) is 0 Å². The van der Waals surface area contributed by atoms with E-state index >= 15 is 0 Å². The molecule has 0 unspecified atom stereocenters. The first-order valence-electron chi connectivity index (χ1n) is 8.63. The van der Waals surface area contributed by atoms with Gasteiger partial charge in [-0.05, 0) is 47.7 Å². The van der Waals surface area contributed by atoms with Crippen molar-refractivity contribution in [1.29, 1.82) is 0 Å². The van der Waals surface area contributed by atoms with Crippen molar-refractivity contribution in [3.05, 3.63) is 77.9 Å². The van der Waals surface area contributed by atoms with E-state index in [1.807, 2.05) is 0 Å². The molecule has 1 heteroatoms. The van der Waals surface area contributed by atoms with Gasteiger partial charge in [-0.3, -0.25) is 0 Å². The van der Waals surface area contributed by atoms with Crippen LogP contribution in [0.5, 0.6) is 0 Å². The summed E-state index contributed by atoms with van der Waals surface area (Å²) in [7, 11) is 0. The van der Waals surface area contributed by atoms with Crippen molar-refractivity contribution in [3.8, 4) is 0 Å². The highest BCUT2D eigenvalue weighted by Gasteiger charge is 2.14. The molecule has 0 amide bonds. The number of rotatable bonds is 1. The Morgan fingerprint density at radius 1 is 0.760 bits per heavy atom. The highest BCUT2D eigenvalue weighted by Crippen LogP contribution is 2.39. The zero-order chi connectivity index (χ0) is 17.0. The third-order valence-corrected chi connectivity index (χ3v) is 4.85. The van der Waals surface area contributed by atoms with E-state index in [9.17, 15) is 0 Å². The molecule has 1 aromatic heterocycles. The Balaban J connectivity index is 2.04. The zero-order valence-corrected chi connectivity index (χ0v) is 14.3. The summed E-state index contributed by atoms with van der Waals surface area (Å²) in [5.41, 5.74) is 4.43. The Morgan fingerprint density at radius 3 is 2.28 bits per heavy atom. The van der Waals surface area contributed by atoms with Gasteiger partial charge in [-0.1, -0.05) is 66.2 Å². The standard InChI is InChI=1S/C24H18O/c1-15(2)13-17-14-22-23(20-10-6-5-8-18(17)20)21-12-11-16-7-3-4-9-19(16)24(21)25-22/h3-14H,1-2H3. The molecule has 0 N–H and O–H groups in total. The lowest BCUT2D eigenvalue weighted by atomic mass is 9.97. The third-order valence-electron chi connectivity index (χ3n) is 4.85. The lowest BCUT2D eigenvalue weighted by molar-refractivity contribution is 0.673. The van der Waals surface area contributed by atoms with Gasteiger partial charge in [0, 0.05) is 16.2 Å². The summed E-state index contributed by atoms with van der Waals surface area (Å²) in [5, 5.41) is 7.30. The van der Waals surface area contributed by atoms with Crippen LogP contribution in [0.1, 0.15) is 19.4 Å². The summed E-state index contributed by atoms with van der Waals surface area (Å²) in [6.07, 6.45) is 2.23. The van der Waals surface area contributed by atoms with E-state index in [2.05, 4.69) is 86.7 Å². The molecule has 1 heterocycles. The Hall–Kier alpha value is -3.06. The molecular formula is C24H18O. The molecule has 0 aliphatic carbocycles. The Bertz CT molecular complexity index is 1300. The molecule has 0 bridgehead atoms. The van der Waals surface area contributed by atoms with Crippen molar-refractivity contribution in [1.82, 2.24) is 0 Å². The van der Waals surface area contributed by atoms with E-state index in [1.165, 1.54) is 43.5 Å². The van der Waals surface area contributed by atoms with Crippen LogP contribution in [0.25, 0.3) is 49.6 Å². The average molecular weight is 322 g/mol. The van der Waals surface area contributed by atoms with Crippen LogP contribution in [0.15, 0.2) is 76.7 Å². The maximum atomic E-state index is 6.37. The topological polar surface area (TPSA) is 13.1 Å². The van der Waals surface area contributed by atoms with Crippen molar-refractivity contribution in [2.75, 3.05) is 0 Å². The minimum atomic E-state index is 0.956. The fourth-order valence-electron chi connectivity index (χ4n) is 3.83. The average Bonchev–Trinajstić information content (AvgIpc) is 3.00. The molecule has 0 saturated carbocycles. The van der Waals surface area contributed by atoms with Crippen LogP contribution in [-0.4, -0.2) is 0 Å². The number of benzene rings is 4. The Kier molecular flexibility index (Phi) is 2.98. The molecule has 5 rings (SSSR count). The number of furan rings is 1. The molecule has 0 saturated heterocycles. The number of hydrogen-bond donors (Lipinski definition) is 0. The largest absolute Gasteiger partial charge is 0.455 e. The van der Waals surface area contributed by atoms with E-state index < -0.39 is 0 Å². The summed E-state index contributed by atoms with van der Waals surface area (Å²) in [5.74, 6) is 0. The van der Waals surface area contributed by atoms with Crippen molar-refractivity contribution in [2.45, 2.75) is 13.8 Å². The molecule has 0 aliphatic heterocycles. The van der Waals surface area contributed by atoms with Crippen molar-refractivity contribution < 1.29 is 4.42 Å². The van der Waals surface area contributed by atoms with Crippen LogP contribution in [0.4, 0.5) is 0 Å². The molecule has 1 nitrogen and oxygen atoms in total. The maximum Gasteiger partial charge on any atom is 0.143 e. The molecule has 0 atom stereocenters. The minimum Gasteiger partial charge on any atom is -0.455 e. The molecule has 25 heavy (non-hydrogen) atoms. The molecule has 5 aromatic rings. The van der Waals surface area contributed by atoms with Crippen LogP contribution >= 0.6 is 0 Å². The Labute approximate surface area is 146 Å². The van der Waals surface area contributed by atoms with Crippen molar-refractivity contribution in [2.24, 2.45) is 0 Å². The molecule has 0 spiro atoms. The second-order valence-electron chi connectivity index (χ2n) is 6.87. The number of fused-ring (bicyclic) bond motifs is 7. The highest BCUT2D eigenvalue weighted by atomic mass is 16.3. The van der Waals surface area contributed by atoms with Gasteiger partial charge in [0.05, 0.1) is 0 Å². The van der Waals surface area contributed by atoms with Crippen LogP contribution in [0.2, 0.25) is 0 Å². The Morgan fingerprint density at radius 2 is 1.48 bits per heavy atom. The van der Waals surface area contributed by atoms with E-state index in [1.54, 1.807) is 0 Å².